The molecular formula is C20H14Cl2N2O3S. The molecule has 1 heterocycles. The Kier molecular flexibility index (Phi) is 6.14. The van der Waals surface area contributed by atoms with Crippen molar-refractivity contribution in [3.05, 3.63) is 74.6 Å². The Hall–Kier alpha value is -2.67. The Labute approximate surface area is 175 Å². The van der Waals surface area contributed by atoms with Gasteiger partial charge in [-0.15, -0.1) is 11.3 Å². The summed E-state index contributed by atoms with van der Waals surface area (Å²) < 4.78 is 0. The lowest BCUT2D eigenvalue weighted by molar-refractivity contribution is -0.132. The van der Waals surface area contributed by atoms with Crippen molar-refractivity contribution in [2.24, 2.45) is 0 Å². The maximum Gasteiger partial charge on any atom is 0.331 e. The number of hydrogen-bond acceptors (Lipinski definition) is 4. The Balaban J connectivity index is 1.71. The molecule has 0 unspecified atom stereocenters. The molecule has 1 amide bonds. The molecule has 2 N–H and O–H groups in total. The van der Waals surface area contributed by atoms with E-state index in [9.17, 15) is 9.59 Å². The lowest BCUT2D eigenvalue weighted by Crippen LogP contribution is -2.11. The predicted molar refractivity (Wildman–Crippen MR) is 113 cm³/mol. The van der Waals surface area contributed by atoms with Gasteiger partial charge in [-0.2, -0.15) is 0 Å². The number of carboxylic acid groups (broad SMARTS) is 1. The summed E-state index contributed by atoms with van der Waals surface area (Å²) in [6.07, 6.45) is 1.54. The number of hydrogen-bond donors (Lipinski definition) is 2. The van der Waals surface area contributed by atoms with Crippen LogP contribution in [0.3, 0.4) is 0 Å². The number of rotatable bonds is 5. The number of anilines is 1. The van der Waals surface area contributed by atoms with Gasteiger partial charge in [0.05, 0.1) is 15.7 Å². The largest absolute Gasteiger partial charge is 0.478 e. The van der Waals surface area contributed by atoms with Crippen molar-refractivity contribution >= 4 is 57.6 Å². The van der Waals surface area contributed by atoms with Crippen molar-refractivity contribution in [2.75, 3.05) is 5.32 Å². The highest BCUT2D eigenvalue weighted by atomic mass is 35.5. The second kappa shape index (κ2) is 8.56. The molecule has 2 aromatic carbocycles. The van der Waals surface area contributed by atoms with Crippen LogP contribution in [0.15, 0.2) is 53.4 Å². The molecule has 28 heavy (non-hydrogen) atoms. The van der Waals surface area contributed by atoms with E-state index in [1.54, 1.807) is 42.5 Å². The van der Waals surface area contributed by atoms with Crippen LogP contribution in [0, 0.1) is 0 Å². The smallest absolute Gasteiger partial charge is 0.331 e. The molecule has 0 aliphatic carbocycles. The summed E-state index contributed by atoms with van der Waals surface area (Å²) in [4.78, 5) is 27.7. The van der Waals surface area contributed by atoms with Gasteiger partial charge in [-0.05, 0) is 42.8 Å². The topological polar surface area (TPSA) is 79.3 Å². The number of carbonyl (C=O) groups excluding carboxylic acids is 1. The lowest BCUT2D eigenvalue weighted by Gasteiger charge is -2.03. The number of nitrogens with zero attached hydrogens (tertiary/aromatic N) is 1. The van der Waals surface area contributed by atoms with Crippen LogP contribution >= 0.6 is 34.5 Å². The van der Waals surface area contributed by atoms with Crippen LogP contribution in [-0.4, -0.2) is 22.0 Å². The van der Waals surface area contributed by atoms with E-state index in [1.807, 2.05) is 5.38 Å². The number of benzene rings is 2. The number of carboxylic acids is 1. The molecule has 0 aliphatic rings. The quantitative estimate of drug-likeness (QED) is 0.494. The minimum absolute atomic E-state index is 0.217. The third kappa shape index (κ3) is 4.78. The number of thiazole rings is 1. The summed E-state index contributed by atoms with van der Waals surface area (Å²) in [5, 5.41) is 14.8. The fourth-order valence-corrected chi connectivity index (χ4v) is 3.34. The van der Waals surface area contributed by atoms with Crippen molar-refractivity contribution in [2.45, 2.75) is 6.92 Å². The van der Waals surface area contributed by atoms with E-state index < -0.39 is 5.97 Å². The summed E-state index contributed by atoms with van der Waals surface area (Å²) in [5.74, 6) is -1.29. The van der Waals surface area contributed by atoms with Gasteiger partial charge in [-0.1, -0.05) is 41.4 Å². The molecule has 0 fully saturated rings. The molecule has 0 aliphatic heterocycles. The number of amides is 1. The molecule has 1 aromatic heterocycles. The first kappa shape index (κ1) is 20.1. The molecular weight excluding hydrogens is 419 g/mol. The van der Waals surface area contributed by atoms with Crippen LogP contribution in [0.4, 0.5) is 5.13 Å². The van der Waals surface area contributed by atoms with Gasteiger partial charge in [0.25, 0.3) is 5.91 Å². The van der Waals surface area contributed by atoms with E-state index in [4.69, 9.17) is 28.3 Å². The Morgan fingerprint density at radius 2 is 1.82 bits per heavy atom. The van der Waals surface area contributed by atoms with Crippen LogP contribution < -0.4 is 5.32 Å². The van der Waals surface area contributed by atoms with Crippen molar-refractivity contribution in [3.63, 3.8) is 0 Å². The van der Waals surface area contributed by atoms with Gasteiger partial charge in [-0.3, -0.25) is 10.1 Å². The zero-order chi connectivity index (χ0) is 20.3. The normalized spacial score (nSPS) is 11.3. The Bertz CT molecular complexity index is 1080. The van der Waals surface area contributed by atoms with E-state index in [2.05, 4.69) is 10.3 Å². The standard InChI is InChI=1S/C20H14Cl2N2O3S/c1-11(19(26)27)8-12-2-4-13(5-3-12)18(25)24-20-23-17(10-28-20)14-6-7-15(21)16(22)9-14/h2-10H,1H3,(H,26,27)(H,23,24,25)/b11-8+. The van der Waals surface area contributed by atoms with E-state index in [0.29, 0.717) is 32.0 Å². The zero-order valence-corrected chi connectivity index (χ0v) is 16.9. The molecule has 3 rings (SSSR count). The fourth-order valence-electron chi connectivity index (χ4n) is 2.33. The first-order chi connectivity index (χ1) is 13.3. The number of aromatic nitrogens is 1. The summed E-state index contributed by atoms with van der Waals surface area (Å²) in [6.45, 7) is 1.51. The van der Waals surface area contributed by atoms with Crippen molar-refractivity contribution in [1.82, 2.24) is 4.98 Å². The predicted octanol–water partition coefficient (Wildman–Crippen LogP) is 5.86. The van der Waals surface area contributed by atoms with Crippen LogP contribution in [-0.2, 0) is 4.79 Å². The number of halogens is 2. The van der Waals surface area contributed by atoms with E-state index in [-0.39, 0.29) is 11.5 Å². The second-order valence-corrected chi connectivity index (χ2v) is 7.55. The van der Waals surface area contributed by atoms with Gasteiger partial charge in [0.15, 0.2) is 5.13 Å². The van der Waals surface area contributed by atoms with Gasteiger partial charge >= 0.3 is 5.97 Å². The third-order valence-electron chi connectivity index (χ3n) is 3.83. The fraction of sp³-hybridized carbons (Fsp3) is 0.0500. The molecule has 5 nitrogen and oxygen atoms in total. The minimum atomic E-state index is -0.983. The monoisotopic (exact) mass is 432 g/mol. The lowest BCUT2D eigenvalue weighted by atomic mass is 10.1. The highest BCUT2D eigenvalue weighted by Gasteiger charge is 2.11. The van der Waals surface area contributed by atoms with Crippen LogP contribution in [0.2, 0.25) is 10.0 Å². The Morgan fingerprint density at radius 3 is 2.46 bits per heavy atom. The molecule has 8 heteroatoms. The molecule has 0 spiro atoms. The first-order valence-electron chi connectivity index (χ1n) is 8.07. The number of aliphatic carboxylic acids is 1. The van der Waals surface area contributed by atoms with E-state index in [1.165, 1.54) is 24.3 Å². The molecule has 0 saturated heterocycles. The summed E-state index contributed by atoms with van der Waals surface area (Å²) >= 11 is 13.3. The summed E-state index contributed by atoms with van der Waals surface area (Å²) in [7, 11) is 0. The highest BCUT2D eigenvalue weighted by molar-refractivity contribution is 7.14. The molecule has 3 aromatic rings. The third-order valence-corrected chi connectivity index (χ3v) is 5.33. The minimum Gasteiger partial charge on any atom is -0.478 e. The van der Waals surface area contributed by atoms with Crippen LogP contribution in [0.1, 0.15) is 22.8 Å². The average molecular weight is 433 g/mol. The molecule has 0 bridgehead atoms. The van der Waals surface area contributed by atoms with Crippen LogP contribution in [0.25, 0.3) is 17.3 Å². The molecule has 0 atom stereocenters. The van der Waals surface area contributed by atoms with Gasteiger partial charge in [0, 0.05) is 22.1 Å². The molecule has 0 radical (unpaired) electrons. The van der Waals surface area contributed by atoms with Gasteiger partial charge in [0.2, 0.25) is 0 Å². The number of carbonyl (C=O) groups is 2. The SMILES string of the molecule is C/C(=C\c1ccc(C(=O)Nc2nc(-c3ccc(Cl)c(Cl)c3)cs2)cc1)C(=O)O. The van der Waals surface area contributed by atoms with Gasteiger partial charge in [0.1, 0.15) is 0 Å². The average Bonchev–Trinajstić information content (AvgIpc) is 3.13. The Morgan fingerprint density at radius 1 is 1.11 bits per heavy atom. The van der Waals surface area contributed by atoms with Crippen molar-refractivity contribution < 1.29 is 14.7 Å². The highest BCUT2D eigenvalue weighted by Crippen LogP contribution is 2.30. The molecule has 142 valence electrons. The number of nitrogens with one attached hydrogen (secondary N) is 1. The van der Waals surface area contributed by atoms with Crippen molar-refractivity contribution in [3.8, 4) is 11.3 Å². The van der Waals surface area contributed by atoms with Gasteiger partial charge < -0.3 is 5.11 Å². The first-order valence-corrected chi connectivity index (χ1v) is 9.71. The zero-order valence-electron chi connectivity index (χ0n) is 14.6. The second-order valence-electron chi connectivity index (χ2n) is 5.88. The van der Waals surface area contributed by atoms with Crippen LogP contribution in [0.5, 0.6) is 0 Å². The maximum absolute atomic E-state index is 12.4. The molecule has 0 saturated carbocycles. The summed E-state index contributed by atoms with van der Waals surface area (Å²) in [6, 6.07) is 11.8. The maximum atomic E-state index is 12.4. The van der Waals surface area contributed by atoms with E-state index in [0.717, 1.165) is 5.56 Å². The summed E-state index contributed by atoms with van der Waals surface area (Å²) in [5.41, 5.74) is 2.85. The van der Waals surface area contributed by atoms with Gasteiger partial charge in [-0.25, -0.2) is 9.78 Å². The van der Waals surface area contributed by atoms with E-state index >= 15 is 0 Å². The van der Waals surface area contributed by atoms with Crippen molar-refractivity contribution in [1.29, 1.82) is 0 Å².